The number of fused-ring (bicyclic) bond motifs is 1. The number of nitrogens with one attached hydrogen (secondary N) is 2. The Morgan fingerprint density at radius 2 is 1.93 bits per heavy atom. The first-order chi connectivity index (χ1) is 12.7. The summed E-state index contributed by atoms with van der Waals surface area (Å²) in [6.07, 6.45) is 0.511. The van der Waals surface area contributed by atoms with E-state index >= 15 is 0 Å². The monoisotopic (exact) mass is 395 g/mol. The van der Waals surface area contributed by atoms with Crippen LogP contribution in [0.3, 0.4) is 0 Å². The van der Waals surface area contributed by atoms with Crippen molar-refractivity contribution < 1.29 is 19.5 Å². The minimum Gasteiger partial charge on any atom is -0.479 e. The SMILES string of the molecule is CNC(C)C(=O)NC(C(=O)N1CCc2cc(Cl)ccc2C1C(=O)O)C(C)C. The van der Waals surface area contributed by atoms with E-state index in [1.54, 1.807) is 32.2 Å². The highest BCUT2D eigenvalue weighted by molar-refractivity contribution is 6.30. The first-order valence-corrected chi connectivity index (χ1v) is 9.34. The summed E-state index contributed by atoms with van der Waals surface area (Å²) < 4.78 is 0. The van der Waals surface area contributed by atoms with Gasteiger partial charge in [0, 0.05) is 11.6 Å². The topological polar surface area (TPSA) is 98.7 Å². The van der Waals surface area contributed by atoms with Crippen molar-refractivity contribution >= 4 is 29.4 Å². The number of likely N-dealkylation sites (N-methyl/N-ethyl adjacent to an activating group) is 1. The number of carboxylic acids is 1. The number of carboxylic acid groups (broad SMARTS) is 1. The fraction of sp³-hybridized carbons (Fsp3) is 0.526. The van der Waals surface area contributed by atoms with E-state index in [0.29, 0.717) is 17.0 Å². The molecule has 0 spiro atoms. The molecule has 0 radical (unpaired) electrons. The molecule has 0 fully saturated rings. The lowest BCUT2D eigenvalue weighted by molar-refractivity contribution is -0.153. The van der Waals surface area contributed by atoms with Crippen LogP contribution in [0.15, 0.2) is 18.2 Å². The van der Waals surface area contributed by atoms with E-state index in [-0.39, 0.29) is 18.4 Å². The zero-order valence-corrected chi connectivity index (χ0v) is 16.7. The molecule has 8 heteroatoms. The molecule has 0 aromatic heterocycles. The number of aliphatic carboxylic acids is 1. The average Bonchev–Trinajstić information content (AvgIpc) is 2.62. The van der Waals surface area contributed by atoms with Gasteiger partial charge in [0.25, 0.3) is 0 Å². The lowest BCUT2D eigenvalue weighted by Crippen LogP contribution is -2.56. The van der Waals surface area contributed by atoms with Gasteiger partial charge < -0.3 is 20.6 Å². The van der Waals surface area contributed by atoms with Crippen LogP contribution in [0.4, 0.5) is 0 Å². The molecule has 1 aromatic rings. The molecule has 0 aliphatic carbocycles. The van der Waals surface area contributed by atoms with E-state index in [1.165, 1.54) is 4.90 Å². The van der Waals surface area contributed by atoms with Crippen molar-refractivity contribution in [2.75, 3.05) is 13.6 Å². The average molecular weight is 396 g/mol. The molecular weight excluding hydrogens is 370 g/mol. The Kier molecular flexibility index (Phi) is 6.84. The summed E-state index contributed by atoms with van der Waals surface area (Å²) in [7, 11) is 1.66. The highest BCUT2D eigenvalue weighted by Crippen LogP contribution is 2.32. The largest absolute Gasteiger partial charge is 0.479 e. The van der Waals surface area contributed by atoms with Crippen molar-refractivity contribution in [3.05, 3.63) is 34.3 Å². The number of benzene rings is 1. The van der Waals surface area contributed by atoms with E-state index in [0.717, 1.165) is 5.56 Å². The van der Waals surface area contributed by atoms with Crippen LogP contribution in [-0.2, 0) is 20.8 Å². The van der Waals surface area contributed by atoms with E-state index in [9.17, 15) is 19.5 Å². The van der Waals surface area contributed by atoms with Gasteiger partial charge >= 0.3 is 5.97 Å². The molecule has 2 amide bonds. The molecule has 7 nitrogen and oxygen atoms in total. The van der Waals surface area contributed by atoms with Gasteiger partial charge in [0.15, 0.2) is 6.04 Å². The molecule has 1 aliphatic rings. The Bertz CT molecular complexity index is 738. The van der Waals surface area contributed by atoms with Gasteiger partial charge in [0.1, 0.15) is 6.04 Å². The first kappa shape index (κ1) is 21.2. The second kappa shape index (κ2) is 8.71. The Hall–Kier alpha value is -2.12. The van der Waals surface area contributed by atoms with Crippen molar-refractivity contribution in [1.29, 1.82) is 0 Å². The number of hydrogen-bond acceptors (Lipinski definition) is 4. The Balaban J connectivity index is 2.33. The zero-order chi connectivity index (χ0) is 20.3. The third-order valence-electron chi connectivity index (χ3n) is 4.91. The summed E-state index contributed by atoms with van der Waals surface area (Å²) in [5.74, 6) is -1.99. The lowest BCUT2D eigenvalue weighted by Gasteiger charge is -2.38. The van der Waals surface area contributed by atoms with Gasteiger partial charge in [0.2, 0.25) is 11.8 Å². The highest BCUT2D eigenvalue weighted by Gasteiger charge is 2.40. The minimum atomic E-state index is -1.11. The molecule has 3 unspecified atom stereocenters. The van der Waals surface area contributed by atoms with E-state index in [2.05, 4.69) is 10.6 Å². The maximum atomic E-state index is 13.2. The van der Waals surface area contributed by atoms with Crippen molar-refractivity contribution in [1.82, 2.24) is 15.5 Å². The summed E-state index contributed by atoms with van der Waals surface area (Å²) in [5, 5.41) is 15.9. The Labute approximate surface area is 164 Å². The molecule has 2 rings (SSSR count). The molecule has 0 saturated heterocycles. The maximum Gasteiger partial charge on any atom is 0.331 e. The fourth-order valence-electron chi connectivity index (χ4n) is 3.20. The quantitative estimate of drug-likeness (QED) is 0.679. The maximum absolute atomic E-state index is 13.2. The van der Waals surface area contributed by atoms with E-state index < -0.39 is 30.0 Å². The summed E-state index contributed by atoms with van der Waals surface area (Å²) >= 11 is 6.01. The number of carbonyl (C=O) groups is 3. The molecule has 3 N–H and O–H groups in total. The van der Waals surface area contributed by atoms with Crippen LogP contribution < -0.4 is 10.6 Å². The van der Waals surface area contributed by atoms with Crippen molar-refractivity contribution in [2.24, 2.45) is 5.92 Å². The summed E-state index contributed by atoms with van der Waals surface area (Å²) in [4.78, 5) is 38.7. The first-order valence-electron chi connectivity index (χ1n) is 8.96. The van der Waals surface area contributed by atoms with Gasteiger partial charge in [0.05, 0.1) is 6.04 Å². The van der Waals surface area contributed by atoms with E-state index in [4.69, 9.17) is 11.6 Å². The molecule has 1 heterocycles. The van der Waals surface area contributed by atoms with Crippen molar-refractivity contribution in [3.63, 3.8) is 0 Å². The highest BCUT2D eigenvalue weighted by atomic mass is 35.5. The Morgan fingerprint density at radius 3 is 2.48 bits per heavy atom. The standard InChI is InChI=1S/C19H26ClN3O4/c1-10(2)15(22-17(24)11(3)21-4)18(25)23-8-7-12-9-13(20)5-6-14(12)16(23)19(26)27/h5-6,9-11,15-16,21H,7-8H2,1-4H3,(H,22,24)(H,26,27). The zero-order valence-electron chi connectivity index (χ0n) is 16.0. The van der Waals surface area contributed by atoms with Crippen molar-refractivity contribution in [3.8, 4) is 0 Å². The van der Waals surface area contributed by atoms with Gasteiger partial charge in [-0.2, -0.15) is 0 Å². The molecule has 148 valence electrons. The van der Waals surface area contributed by atoms with Gasteiger partial charge in [-0.15, -0.1) is 0 Å². The lowest BCUT2D eigenvalue weighted by atomic mass is 9.91. The molecule has 0 bridgehead atoms. The Morgan fingerprint density at radius 1 is 1.26 bits per heavy atom. The molecule has 27 heavy (non-hydrogen) atoms. The van der Waals surface area contributed by atoms with Crippen LogP contribution in [0.1, 0.15) is 37.9 Å². The predicted molar refractivity (Wildman–Crippen MR) is 103 cm³/mol. The van der Waals surface area contributed by atoms with E-state index in [1.807, 2.05) is 13.8 Å². The van der Waals surface area contributed by atoms with Crippen LogP contribution in [0.25, 0.3) is 0 Å². The smallest absolute Gasteiger partial charge is 0.331 e. The van der Waals surface area contributed by atoms with Crippen LogP contribution in [0, 0.1) is 5.92 Å². The number of rotatable bonds is 6. The molecule has 1 aromatic carbocycles. The van der Waals surface area contributed by atoms with Crippen LogP contribution in [0.5, 0.6) is 0 Å². The van der Waals surface area contributed by atoms with Crippen molar-refractivity contribution in [2.45, 2.75) is 45.3 Å². The number of halogens is 1. The third-order valence-corrected chi connectivity index (χ3v) is 5.14. The number of amides is 2. The second-order valence-corrected chi connectivity index (χ2v) is 7.54. The number of nitrogens with zero attached hydrogens (tertiary/aromatic N) is 1. The third kappa shape index (κ3) is 4.59. The predicted octanol–water partition coefficient (Wildman–Crippen LogP) is 1.60. The molecule has 0 saturated carbocycles. The minimum absolute atomic E-state index is 0.188. The molecule has 1 aliphatic heterocycles. The summed E-state index contributed by atoms with van der Waals surface area (Å²) in [5.41, 5.74) is 1.39. The molecule has 3 atom stereocenters. The molecular formula is C19H26ClN3O4. The number of carbonyl (C=O) groups excluding carboxylic acids is 2. The van der Waals surface area contributed by atoms with Crippen LogP contribution in [-0.4, -0.2) is 53.5 Å². The second-order valence-electron chi connectivity index (χ2n) is 7.11. The van der Waals surface area contributed by atoms with Crippen LogP contribution in [0.2, 0.25) is 5.02 Å². The normalized spacial score (nSPS) is 18.6. The summed E-state index contributed by atoms with van der Waals surface area (Å²) in [6, 6.07) is 2.66. The summed E-state index contributed by atoms with van der Waals surface area (Å²) in [6.45, 7) is 5.59. The fourth-order valence-corrected chi connectivity index (χ4v) is 3.40. The van der Waals surface area contributed by atoms with Gasteiger partial charge in [-0.3, -0.25) is 9.59 Å². The van der Waals surface area contributed by atoms with Gasteiger partial charge in [-0.05, 0) is 49.6 Å². The van der Waals surface area contributed by atoms with Crippen LogP contribution >= 0.6 is 11.6 Å². The van der Waals surface area contributed by atoms with Gasteiger partial charge in [-0.1, -0.05) is 31.5 Å². The number of hydrogen-bond donors (Lipinski definition) is 3. The van der Waals surface area contributed by atoms with Gasteiger partial charge in [-0.25, -0.2) is 4.79 Å².